The molecule has 0 radical (unpaired) electrons. The molecule has 2 aromatic rings. The largest absolute Gasteiger partial charge is 0.511 e. The first kappa shape index (κ1) is 20.3. The van der Waals surface area contributed by atoms with Crippen LogP contribution in [-0.2, 0) is 0 Å². The van der Waals surface area contributed by atoms with E-state index >= 15 is 4.39 Å². The summed E-state index contributed by atoms with van der Waals surface area (Å²) in [6.45, 7) is 1.86. The number of allylic oxidation sites excluding steroid dienone is 1. The van der Waals surface area contributed by atoms with Crippen LogP contribution in [0, 0.1) is 23.6 Å². The van der Waals surface area contributed by atoms with E-state index in [2.05, 4.69) is 16.9 Å². The molecular formula is C22H23ClFN3O4. The van der Waals surface area contributed by atoms with Crippen LogP contribution in [-0.4, -0.2) is 35.5 Å². The average molecular weight is 448 g/mol. The number of anilines is 1. The van der Waals surface area contributed by atoms with E-state index in [1.807, 2.05) is 4.90 Å². The number of hydrogen-bond donors (Lipinski definition) is 2. The lowest BCUT2D eigenvalue weighted by Crippen LogP contribution is -2.30. The van der Waals surface area contributed by atoms with Gasteiger partial charge >= 0.3 is 6.16 Å². The van der Waals surface area contributed by atoms with Gasteiger partial charge in [-0.3, -0.25) is 4.79 Å². The van der Waals surface area contributed by atoms with E-state index in [1.165, 1.54) is 6.20 Å². The molecule has 1 aromatic heterocycles. The second-order valence-electron chi connectivity index (χ2n) is 8.64. The Morgan fingerprint density at radius 1 is 1.35 bits per heavy atom. The van der Waals surface area contributed by atoms with Crippen molar-refractivity contribution in [2.75, 3.05) is 24.5 Å². The number of fused-ring (bicyclic) bond motifs is 2. The third-order valence-corrected chi connectivity index (χ3v) is 7.11. The summed E-state index contributed by atoms with van der Waals surface area (Å²) in [6, 6.07) is 1.23. The van der Waals surface area contributed by atoms with Gasteiger partial charge in [0.1, 0.15) is 5.82 Å². The average Bonchev–Trinajstić information content (AvgIpc) is 3.48. The van der Waals surface area contributed by atoms with E-state index in [-0.39, 0.29) is 33.8 Å². The van der Waals surface area contributed by atoms with Gasteiger partial charge < -0.3 is 25.0 Å². The monoisotopic (exact) mass is 447 g/mol. The fourth-order valence-corrected chi connectivity index (χ4v) is 5.53. The lowest BCUT2D eigenvalue weighted by atomic mass is 9.78. The lowest BCUT2D eigenvalue weighted by molar-refractivity contribution is 0.143. The van der Waals surface area contributed by atoms with Crippen molar-refractivity contribution in [3.05, 3.63) is 45.5 Å². The Balaban J connectivity index is 1.64. The Kier molecular flexibility index (Phi) is 4.94. The Morgan fingerprint density at radius 3 is 2.81 bits per heavy atom. The van der Waals surface area contributed by atoms with E-state index in [1.54, 1.807) is 4.57 Å². The molecule has 5 rings (SSSR count). The molecule has 1 aromatic carbocycles. The molecule has 0 spiro atoms. The molecule has 0 bridgehead atoms. The first-order valence-corrected chi connectivity index (χ1v) is 10.9. The number of ether oxygens (including phenoxy) is 1. The topological polar surface area (TPSA) is 97.8 Å². The van der Waals surface area contributed by atoms with Crippen LogP contribution in [0.2, 0.25) is 5.02 Å². The van der Waals surface area contributed by atoms with Gasteiger partial charge in [0.2, 0.25) is 5.43 Å². The van der Waals surface area contributed by atoms with E-state index < -0.39 is 17.4 Å². The number of benzene rings is 1. The second kappa shape index (κ2) is 7.53. The van der Waals surface area contributed by atoms with Gasteiger partial charge in [0, 0.05) is 19.1 Å². The van der Waals surface area contributed by atoms with Crippen molar-refractivity contribution in [3.8, 4) is 5.75 Å². The number of carboxylic acid groups (broad SMARTS) is 1. The predicted molar refractivity (Wildman–Crippen MR) is 116 cm³/mol. The number of nitrogens with two attached hydrogens (primary N) is 1. The SMILES string of the molecule is NCC1CC=CC2CN(c3c(F)cc4c(=O)c(OC(=O)O)cn(C5CC5)c4c3Cl)CC21. The number of hydrogen-bond acceptors (Lipinski definition) is 5. The standard InChI is InChI=1S/C22H23ClFN3O4/c23-18-19-14(21(28)17(31-22(29)30)10-27(19)13-4-5-13)6-16(24)20(18)26-8-12-3-1-2-11(7-25)15(12)9-26/h1,3,6,10-13,15H,2,4-5,7-9,25H2,(H,29,30). The van der Waals surface area contributed by atoms with Gasteiger partial charge in [-0.2, -0.15) is 0 Å². The van der Waals surface area contributed by atoms with Crippen LogP contribution in [0.3, 0.4) is 0 Å². The molecule has 3 N–H and O–H groups in total. The molecule has 2 fully saturated rings. The normalized spacial score (nSPS) is 25.1. The van der Waals surface area contributed by atoms with Gasteiger partial charge in [-0.15, -0.1) is 0 Å². The molecule has 164 valence electrons. The van der Waals surface area contributed by atoms with Crippen molar-refractivity contribution in [2.45, 2.75) is 25.3 Å². The van der Waals surface area contributed by atoms with E-state index in [0.29, 0.717) is 37.0 Å². The van der Waals surface area contributed by atoms with Gasteiger partial charge in [0.15, 0.2) is 5.75 Å². The molecule has 3 unspecified atom stereocenters. The van der Waals surface area contributed by atoms with Crippen LogP contribution in [0.25, 0.3) is 10.9 Å². The Hall–Kier alpha value is -2.58. The summed E-state index contributed by atoms with van der Waals surface area (Å²) >= 11 is 6.76. The summed E-state index contributed by atoms with van der Waals surface area (Å²) in [4.78, 5) is 25.8. The molecule has 9 heteroatoms. The maximum absolute atomic E-state index is 15.3. The van der Waals surface area contributed by atoms with Crippen molar-refractivity contribution in [2.24, 2.45) is 23.5 Å². The molecule has 31 heavy (non-hydrogen) atoms. The fourth-order valence-electron chi connectivity index (χ4n) is 5.12. The number of pyridine rings is 1. The number of halogens is 2. The highest BCUT2D eigenvalue weighted by Crippen LogP contribution is 2.45. The maximum Gasteiger partial charge on any atom is 0.511 e. The van der Waals surface area contributed by atoms with Gasteiger partial charge in [0.25, 0.3) is 0 Å². The number of nitrogens with zero attached hydrogens (tertiary/aromatic N) is 2. The van der Waals surface area contributed by atoms with E-state index in [0.717, 1.165) is 25.3 Å². The zero-order valence-electron chi connectivity index (χ0n) is 16.8. The highest BCUT2D eigenvalue weighted by atomic mass is 35.5. The summed E-state index contributed by atoms with van der Waals surface area (Å²) in [6.07, 6.45) is 6.77. The summed E-state index contributed by atoms with van der Waals surface area (Å²) in [5, 5.41) is 9.15. The van der Waals surface area contributed by atoms with Crippen LogP contribution in [0.4, 0.5) is 14.9 Å². The first-order chi connectivity index (χ1) is 14.9. The molecule has 1 saturated carbocycles. The Bertz CT molecular complexity index is 1160. The summed E-state index contributed by atoms with van der Waals surface area (Å²) < 4.78 is 21.8. The molecular weight excluding hydrogens is 425 g/mol. The van der Waals surface area contributed by atoms with E-state index in [4.69, 9.17) is 22.4 Å². The maximum atomic E-state index is 15.3. The Labute approximate surface area is 182 Å². The highest BCUT2D eigenvalue weighted by Gasteiger charge is 2.39. The molecule has 2 aliphatic carbocycles. The van der Waals surface area contributed by atoms with Crippen LogP contribution in [0.15, 0.2) is 29.2 Å². The Morgan fingerprint density at radius 2 is 2.13 bits per heavy atom. The summed E-state index contributed by atoms with van der Waals surface area (Å²) in [5.74, 6) is 0.0146. The molecule has 1 aliphatic heterocycles. The van der Waals surface area contributed by atoms with Crippen molar-refractivity contribution in [1.82, 2.24) is 4.57 Å². The zero-order valence-corrected chi connectivity index (χ0v) is 17.5. The van der Waals surface area contributed by atoms with Gasteiger partial charge in [-0.05, 0) is 49.6 Å². The fraction of sp³-hybridized carbons (Fsp3) is 0.455. The minimum atomic E-state index is -1.59. The van der Waals surface area contributed by atoms with Gasteiger partial charge in [-0.25, -0.2) is 9.18 Å². The molecule has 2 heterocycles. The minimum Gasteiger partial charge on any atom is -0.449 e. The lowest BCUT2D eigenvalue weighted by Gasteiger charge is -2.28. The molecule has 3 aliphatic rings. The molecule has 7 nitrogen and oxygen atoms in total. The van der Waals surface area contributed by atoms with Crippen molar-refractivity contribution in [1.29, 1.82) is 0 Å². The number of rotatable bonds is 4. The number of aromatic nitrogens is 1. The van der Waals surface area contributed by atoms with Crippen molar-refractivity contribution in [3.63, 3.8) is 0 Å². The molecule has 3 atom stereocenters. The number of carbonyl (C=O) groups is 1. The van der Waals surface area contributed by atoms with Gasteiger partial charge in [-0.1, -0.05) is 23.8 Å². The second-order valence-corrected chi connectivity index (χ2v) is 9.02. The van der Waals surface area contributed by atoms with Crippen LogP contribution < -0.4 is 20.8 Å². The van der Waals surface area contributed by atoms with Crippen LogP contribution >= 0.6 is 11.6 Å². The van der Waals surface area contributed by atoms with Crippen molar-refractivity contribution < 1.29 is 19.0 Å². The third-order valence-electron chi connectivity index (χ3n) is 6.75. The zero-order chi connectivity index (χ0) is 21.9. The highest BCUT2D eigenvalue weighted by molar-refractivity contribution is 6.38. The van der Waals surface area contributed by atoms with Crippen LogP contribution in [0.1, 0.15) is 25.3 Å². The minimum absolute atomic E-state index is 0.0215. The first-order valence-electron chi connectivity index (χ1n) is 10.5. The molecule has 1 saturated heterocycles. The third kappa shape index (κ3) is 3.38. The van der Waals surface area contributed by atoms with Crippen molar-refractivity contribution >= 4 is 34.3 Å². The van der Waals surface area contributed by atoms with Crippen LogP contribution in [0.5, 0.6) is 5.75 Å². The predicted octanol–water partition coefficient (Wildman–Crippen LogP) is 3.77. The smallest absolute Gasteiger partial charge is 0.449 e. The summed E-state index contributed by atoms with van der Waals surface area (Å²) in [7, 11) is 0. The van der Waals surface area contributed by atoms with Gasteiger partial charge in [0.05, 0.1) is 27.8 Å². The molecule has 0 amide bonds. The van der Waals surface area contributed by atoms with E-state index in [9.17, 15) is 9.59 Å². The quantitative estimate of drug-likeness (QED) is 0.547. The summed E-state index contributed by atoms with van der Waals surface area (Å²) in [5.41, 5.74) is 5.97.